The monoisotopic (exact) mass is 515 g/mol. The van der Waals surface area contributed by atoms with E-state index < -0.39 is 11.7 Å². The van der Waals surface area contributed by atoms with Gasteiger partial charge in [0.15, 0.2) is 0 Å². The molecule has 1 aromatic carbocycles. The largest absolute Gasteiger partial charge is 0.340 e. The third-order valence-corrected chi connectivity index (χ3v) is 6.58. The third kappa shape index (κ3) is 5.10. The zero-order chi connectivity index (χ0) is 26.8. The first-order valence-corrected chi connectivity index (χ1v) is 12.2. The number of carbonyl (C=O) groups excluding carboxylic acids is 2. The van der Waals surface area contributed by atoms with E-state index in [1.807, 2.05) is 6.92 Å². The lowest BCUT2D eigenvalue weighted by atomic mass is 9.92. The summed E-state index contributed by atoms with van der Waals surface area (Å²) in [6, 6.07) is 6.21. The van der Waals surface area contributed by atoms with Gasteiger partial charge >= 0.3 is 0 Å². The van der Waals surface area contributed by atoms with Crippen LogP contribution in [0.3, 0.4) is 0 Å². The number of carbonyl (C=O) groups is 2. The molecule has 194 valence electrons. The standard InChI is InChI=1S/C26H26FN9O2/c1-15-7-8-17(13-36(15)16(2)37)25-30-20(21-12-28-9-10-29-21)11-23(31-25)32-26(38)19-6-4-5-18(24(19)27)22-14-35(3)34-33-22/h4-6,9-12,14-15,17H,7-8,13H2,1-3H3,(H,30,31,32,38)/t15-,17+/m0/s1. The van der Waals surface area contributed by atoms with Gasteiger partial charge in [-0.1, -0.05) is 11.3 Å². The van der Waals surface area contributed by atoms with Gasteiger partial charge in [0.2, 0.25) is 5.91 Å². The molecule has 3 aromatic heterocycles. The van der Waals surface area contributed by atoms with Crippen molar-refractivity contribution in [2.45, 2.75) is 38.6 Å². The van der Waals surface area contributed by atoms with Gasteiger partial charge in [0.05, 0.1) is 23.7 Å². The highest BCUT2D eigenvalue weighted by Gasteiger charge is 2.30. The number of piperidine rings is 1. The summed E-state index contributed by atoms with van der Waals surface area (Å²) in [6.07, 6.45) is 7.80. The smallest absolute Gasteiger partial charge is 0.259 e. The van der Waals surface area contributed by atoms with Gasteiger partial charge in [-0.25, -0.2) is 14.4 Å². The topological polar surface area (TPSA) is 132 Å². The Balaban J connectivity index is 1.49. The van der Waals surface area contributed by atoms with Crippen molar-refractivity contribution >= 4 is 17.6 Å². The summed E-state index contributed by atoms with van der Waals surface area (Å²) in [6.45, 7) is 4.03. The maximum Gasteiger partial charge on any atom is 0.259 e. The van der Waals surface area contributed by atoms with E-state index in [0.717, 1.165) is 12.8 Å². The molecule has 0 spiro atoms. The highest BCUT2D eigenvalue weighted by molar-refractivity contribution is 6.04. The number of likely N-dealkylation sites (tertiary alicyclic amines) is 1. The molecule has 4 heterocycles. The van der Waals surface area contributed by atoms with E-state index in [9.17, 15) is 9.59 Å². The summed E-state index contributed by atoms with van der Waals surface area (Å²) < 4.78 is 16.8. The molecule has 1 saturated heterocycles. The molecule has 0 radical (unpaired) electrons. The Morgan fingerprint density at radius 3 is 2.66 bits per heavy atom. The minimum absolute atomic E-state index is 0.0146. The predicted octanol–water partition coefficient (Wildman–Crippen LogP) is 3.23. The molecule has 11 nitrogen and oxygen atoms in total. The molecule has 0 saturated carbocycles. The fourth-order valence-corrected chi connectivity index (χ4v) is 4.59. The van der Waals surface area contributed by atoms with E-state index in [0.29, 0.717) is 29.5 Å². The van der Waals surface area contributed by atoms with Crippen LogP contribution in [0, 0.1) is 5.82 Å². The van der Waals surface area contributed by atoms with Crippen molar-refractivity contribution in [3.63, 3.8) is 0 Å². The predicted molar refractivity (Wildman–Crippen MR) is 136 cm³/mol. The molecule has 1 aliphatic rings. The average molecular weight is 516 g/mol. The van der Waals surface area contributed by atoms with E-state index in [1.165, 1.54) is 16.8 Å². The number of aryl methyl sites for hydroxylation is 1. The number of benzene rings is 1. The van der Waals surface area contributed by atoms with Crippen LogP contribution in [0.1, 0.15) is 48.8 Å². The maximum absolute atomic E-state index is 15.4. The average Bonchev–Trinajstić information content (AvgIpc) is 3.35. The van der Waals surface area contributed by atoms with Crippen molar-refractivity contribution in [2.24, 2.45) is 7.05 Å². The summed E-state index contributed by atoms with van der Waals surface area (Å²) in [5.41, 5.74) is 1.27. The lowest BCUT2D eigenvalue weighted by Gasteiger charge is -2.37. The van der Waals surface area contributed by atoms with Crippen LogP contribution in [0.5, 0.6) is 0 Å². The molecule has 2 atom stereocenters. The van der Waals surface area contributed by atoms with Gasteiger partial charge in [-0.3, -0.25) is 24.2 Å². The van der Waals surface area contributed by atoms with Crippen LogP contribution in [-0.2, 0) is 11.8 Å². The molecule has 1 fully saturated rings. The molecule has 1 aliphatic heterocycles. The van der Waals surface area contributed by atoms with E-state index >= 15 is 4.39 Å². The second kappa shape index (κ2) is 10.4. The molecule has 12 heteroatoms. The Bertz CT molecular complexity index is 1490. The second-order valence-electron chi connectivity index (χ2n) is 9.28. The number of rotatable bonds is 5. The SMILES string of the molecule is CC(=O)N1C[C@H](c2nc(NC(=O)c3cccc(-c4cn(C)nn4)c3F)cc(-c3cnccn3)n2)CC[C@@H]1C. The van der Waals surface area contributed by atoms with Gasteiger partial charge in [0.25, 0.3) is 5.91 Å². The normalized spacial score (nSPS) is 17.3. The third-order valence-electron chi connectivity index (χ3n) is 6.58. The first-order valence-electron chi connectivity index (χ1n) is 12.2. The summed E-state index contributed by atoms with van der Waals surface area (Å²) >= 11 is 0. The molecule has 5 rings (SSSR count). The van der Waals surface area contributed by atoms with Crippen molar-refractivity contribution in [1.29, 1.82) is 0 Å². The van der Waals surface area contributed by atoms with Crippen molar-refractivity contribution in [1.82, 2.24) is 39.8 Å². The molecule has 38 heavy (non-hydrogen) atoms. The van der Waals surface area contributed by atoms with Gasteiger partial charge in [-0.15, -0.1) is 5.10 Å². The molecule has 2 amide bonds. The molecule has 1 N–H and O–H groups in total. The zero-order valence-corrected chi connectivity index (χ0v) is 21.2. The Hall–Kier alpha value is -4.61. The van der Waals surface area contributed by atoms with Crippen molar-refractivity contribution < 1.29 is 14.0 Å². The number of halogens is 1. The fraction of sp³-hybridized carbons (Fsp3) is 0.308. The van der Waals surface area contributed by atoms with Crippen molar-refractivity contribution in [2.75, 3.05) is 11.9 Å². The number of hydrogen-bond acceptors (Lipinski definition) is 8. The zero-order valence-electron chi connectivity index (χ0n) is 21.2. The number of nitrogens with one attached hydrogen (secondary N) is 1. The summed E-state index contributed by atoms with van der Waals surface area (Å²) in [5.74, 6) is -0.885. The summed E-state index contributed by atoms with van der Waals surface area (Å²) in [7, 11) is 1.68. The Morgan fingerprint density at radius 2 is 1.95 bits per heavy atom. The first kappa shape index (κ1) is 25.1. The van der Waals surface area contributed by atoms with Gasteiger partial charge < -0.3 is 10.2 Å². The van der Waals surface area contributed by atoms with Gasteiger partial charge in [-0.05, 0) is 31.9 Å². The van der Waals surface area contributed by atoms with Crippen LogP contribution in [0.15, 0.2) is 49.1 Å². The Morgan fingerprint density at radius 1 is 1.11 bits per heavy atom. The molecule has 0 bridgehead atoms. The Kier molecular flexibility index (Phi) is 6.86. The van der Waals surface area contributed by atoms with Crippen LogP contribution in [0.2, 0.25) is 0 Å². The van der Waals surface area contributed by atoms with E-state index in [4.69, 9.17) is 4.98 Å². The van der Waals surface area contributed by atoms with E-state index in [1.54, 1.807) is 55.8 Å². The minimum atomic E-state index is -0.715. The summed E-state index contributed by atoms with van der Waals surface area (Å²) in [5, 5.41) is 10.5. The van der Waals surface area contributed by atoms with Gasteiger partial charge in [-0.2, -0.15) is 0 Å². The molecular weight excluding hydrogens is 489 g/mol. The number of nitrogens with zero attached hydrogens (tertiary/aromatic N) is 8. The van der Waals surface area contributed by atoms with E-state index in [-0.39, 0.29) is 34.8 Å². The highest BCUT2D eigenvalue weighted by atomic mass is 19.1. The first-order chi connectivity index (χ1) is 18.3. The van der Waals surface area contributed by atoms with Gasteiger partial charge in [0, 0.05) is 56.5 Å². The number of hydrogen-bond donors (Lipinski definition) is 1. The van der Waals surface area contributed by atoms with Gasteiger partial charge in [0.1, 0.15) is 28.8 Å². The summed E-state index contributed by atoms with van der Waals surface area (Å²) in [4.78, 5) is 44.9. The minimum Gasteiger partial charge on any atom is -0.340 e. The second-order valence-corrected chi connectivity index (χ2v) is 9.28. The molecular formula is C26H26FN9O2. The lowest BCUT2D eigenvalue weighted by Crippen LogP contribution is -2.44. The fourth-order valence-electron chi connectivity index (χ4n) is 4.59. The van der Waals surface area contributed by atoms with Crippen LogP contribution in [0.4, 0.5) is 10.2 Å². The van der Waals surface area contributed by atoms with Crippen molar-refractivity contribution in [3.05, 3.63) is 66.3 Å². The van der Waals surface area contributed by atoms with Crippen LogP contribution in [-0.4, -0.2) is 64.2 Å². The maximum atomic E-state index is 15.4. The highest BCUT2D eigenvalue weighted by Crippen LogP contribution is 2.31. The lowest BCUT2D eigenvalue weighted by molar-refractivity contribution is -0.132. The van der Waals surface area contributed by atoms with Crippen molar-refractivity contribution in [3.8, 4) is 22.6 Å². The Labute approximate surface area is 218 Å². The molecule has 0 unspecified atom stereocenters. The number of aromatic nitrogens is 7. The molecule has 4 aromatic rings. The van der Waals surface area contributed by atoms with Crippen LogP contribution >= 0.6 is 0 Å². The molecule has 0 aliphatic carbocycles. The van der Waals surface area contributed by atoms with Crippen LogP contribution in [0.25, 0.3) is 22.6 Å². The number of anilines is 1. The van der Waals surface area contributed by atoms with Crippen LogP contribution < -0.4 is 5.32 Å². The van der Waals surface area contributed by atoms with E-state index in [2.05, 4.69) is 30.6 Å². The quantitative estimate of drug-likeness (QED) is 0.429. The number of amides is 2.